The third-order valence-electron chi connectivity index (χ3n) is 3.95. The van der Waals surface area contributed by atoms with Gasteiger partial charge in [0.2, 0.25) is 5.91 Å². The largest absolute Gasteiger partial charge is 0.311 e. The summed E-state index contributed by atoms with van der Waals surface area (Å²) in [6, 6.07) is 2.79. The fraction of sp³-hybridized carbons (Fsp3) is 0.615. The highest BCUT2D eigenvalue weighted by Crippen LogP contribution is 2.32. The van der Waals surface area contributed by atoms with Gasteiger partial charge in [-0.15, -0.1) is 0 Å². The summed E-state index contributed by atoms with van der Waals surface area (Å²) in [5.74, 6) is 0.971. The van der Waals surface area contributed by atoms with E-state index in [1.165, 1.54) is 19.2 Å². The first-order valence-corrected chi connectivity index (χ1v) is 7.10. The van der Waals surface area contributed by atoms with Crippen LogP contribution in [0.25, 0.3) is 0 Å². The van der Waals surface area contributed by atoms with Crippen LogP contribution in [-0.2, 0) is 4.79 Å². The van der Waals surface area contributed by atoms with Crippen LogP contribution in [0.3, 0.4) is 0 Å². The number of fused-ring (bicyclic) bond motifs is 2. The van der Waals surface area contributed by atoms with Crippen LogP contribution in [0.5, 0.6) is 0 Å². The van der Waals surface area contributed by atoms with Crippen molar-refractivity contribution in [2.75, 3.05) is 5.32 Å². The highest BCUT2D eigenvalue weighted by Gasteiger charge is 2.34. The highest BCUT2D eigenvalue weighted by molar-refractivity contribution is 6.29. The molecule has 5 nitrogen and oxygen atoms in total. The van der Waals surface area contributed by atoms with Gasteiger partial charge in [-0.2, -0.15) is 0 Å². The molecule has 2 N–H and O–H groups in total. The molecule has 2 aliphatic heterocycles. The molecule has 0 spiro atoms. The number of aromatic nitrogens is 2. The van der Waals surface area contributed by atoms with Gasteiger partial charge in [0.05, 0.1) is 0 Å². The summed E-state index contributed by atoms with van der Waals surface area (Å²) in [6.07, 6.45) is 6.64. The summed E-state index contributed by atoms with van der Waals surface area (Å²) < 4.78 is 0. The van der Waals surface area contributed by atoms with Crippen LogP contribution in [0, 0.1) is 5.92 Å². The zero-order valence-electron chi connectivity index (χ0n) is 10.6. The van der Waals surface area contributed by atoms with E-state index in [0.29, 0.717) is 35.4 Å². The maximum absolute atomic E-state index is 12.0. The van der Waals surface area contributed by atoms with Gasteiger partial charge in [-0.3, -0.25) is 4.79 Å². The molecule has 2 saturated heterocycles. The number of anilines is 1. The Kier molecular flexibility index (Phi) is 3.66. The van der Waals surface area contributed by atoms with E-state index in [4.69, 9.17) is 11.6 Å². The van der Waals surface area contributed by atoms with E-state index in [2.05, 4.69) is 20.6 Å². The summed E-state index contributed by atoms with van der Waals surface area (Å²) in [5, 5.41) is 6.70. The second kappa shape index (κ2) is 5.43. The van der Waals surface area contributed by atoms with Crippen LogP contribution < -0.4 is 10.6 Å². The lowest BCUT2D eigenvalue weighted by Crippen LogP contribution is -2.39. The van der Waals surface area contributed by atoms with Gasteiger partial charge in [0.15, 0.2) is 0 Å². The summed E-state index contributed by atoms with van der Waals surface area (Å²) in [5.41, 5.74) is 0. The van der Waals surface area contributed by atoms with Crippen LogP contribution in [0.15, 0.2) is 12.4 Å². The number of nitrogens with zero attached hydrogens (tertiary/aromatic N) is 2. The monoisotopic (exact) mass is 280 g/mol. The molecule has 1 aromatic heterocycles. The van der Waals surface area contributed by atoms with Crippen molar-refractivity contribution < 1.29 is 4.79 Å². The van der Waals surface area contributed by atoms with E-state index in [0.717, 1.165) is 12.8 Å². The van der Waals surface area contributed by atoms with E-state index < -0.39 is 0 Å². The molecule has 3 heterocycles. The Labute approximate surface area is 117 Å². The van der Waals surface area contributed by atoms with Crippen molar-refractivity contribution >= 4 is 23.3 Å². The maximum Gasteiger partial charge on any atom is 0.225 e. The third-order valence-corrected chi connectivity index (χ3v) is 4.15. The molecule has 2 fully saturated rings. The summed E-state index contributed by atoms with van der Waals surface area (Å²) in [4.78, 5) is 19.8. The summed E-state index contributed by atoms with van der Waals surface area (Å²) in [6.45, 7) is 0. The second-order valence-electron chi connectivity index (χ2n) is 5.45. The van der Waals surface area contributed by atoms with Crippen LogP contribution in [0.4, 0.5) is 5.82 Å². The molecule has 0 aliphatic carbocycles. The molecule has 1 amide bonds. The number of hydrogen-bond donors (Lipinski definition) is 2. The molecule has 0 radical (unpaired) electrons. The first-order chi connectivity index (χ1) is 9.19. The third kappa shape index (κ3) is 3.22. The number of carbonyl (C=O) groups excluding carboxylic acids is 1. The zero-order chi connectivity index (χ0) is 13.2. The van der Waals surface area contributed by atoms with Crippen molar-refractivity contribution in [2.24, 2.45) is 5.92 Å². The fourth-order valence-corrected chi connectivity index (χ4v) is 3.35. The number of nitrogens with one attached hydrogen (secondary N) is 2. The molecule has 2 atom stereocenters. The predicted octanol–water partition coefficient (Wildman–Crippen LogP) is 1.99. The molecule has 0 saturated carbocycles. The van der Waals surface area contributed by atoms with E-state index in [9.17, 15) is 4.79 Å². The summed E-state index contributed by atoms with van der Waals surface area (Å²) in [7, 11) is 0. The van der Waals surface area contributed by atoms with Gasteiger partial charge in [-0.25, -0.2) is 9.97 Å². The van der Waals surface area contributed by atoms with Gasteiger partial charge >= 0.3 is 0 Å². The molecule has 0 aromatic carbocycles. The normalized spacial score (nSPS) is 29.2. The van der Waals surface area contributed by atoms with Crippen LogP contribution >= 0.6 is 11.6 Å². The van der Waals surface area contributed by atoms with Gasteiger partial charge in [0.25, 0.3) is 0 Å². The standard InChI is InChI=1S/C13H17ClN4O/c14-11-6-12(16-7-15-11)18-13(19)5-8-3-9-1-2-10(4-8)17-9/h6-10,17H,1-5H2,(H,15,16,18,19). The minimum Gasteiger partial charge on any atom is -0.311 e. The number of piperidine rings is 1. The van der Waals surface area contributed by atoms with Crippen LogP contribution in [-0.4, -0.2) is 28.0 Å². The average Bonchev–Trinajstić information content (AvgIpc) is 2.68. The summed E-state index contributed by atoms with van der Waals surface area (Å²) >= 11 is 5.76. The average molecular weight is 281 g/mol. The van der Waals surface area contributed by atoms with Gasteiger partial charge in [0, 0.05) is 24.6 Å². The Bertz CT molecular complexity index is 469. The van der Waals surface area contributed by atoms with Crippen LogP contribution in [0.2, 0.25) is 5.15 Å². The Morgan fingerprint density at radius 1 is 1.37 bits per heavy atom. The van der Waals surface area contributed by atoms with Gasteiger partial charge in [-0.05, 0) is 31.6 Å². The van der Waals surface area contributed by atoms with Gasteiger partial charge < -0.3 is 10.6 Å². The fourth-order valence-electron chi connectivity index (χ4n) is 3.20. The molecule has 2 aliphatic rings. The zero-order valence-corrected chi connectivity index (χ0v) is 11.4. The van der Waals surface area contributed by atoms with Gasteiger partial charge in [-0.1, -0.05) is 11.6 Å². The number of amides is 1. The molecule has 102 valence electrons. The number of halogens is 1. The Hall–Kier alpha value is -1.20. The first-order valence-electron chi connectivity index (χ1n) is 6.72. The van der Waals surface area contributed by atoms with Crippen molar-refractivity contribution in [2.45, 2.75) is 44.2 Å². The topological polar surface area (TPSA) is 66.9 Å². The van der Waals surface area contributed by atoms with E-state index in [1.54, 1.807) is 6.07 Å². The number of hydrogen-bond acceptors (Lipinski definition) is 4. The lowest BCUT2D eigenvalue weighted by Gasteiger charge is -2.28. The predicted molar refractivity (Wildman–Crippen MR) is 73.0 cm³/mol. The Morgan fingerprint density at radius 2 is 2.11 bits per heavy atom. The lowest BCUT2D eigenvalue weighted by atomic mass is 9.89. The SMILES string of the molecule is O=C(CC1CC2CCC(C1)N2)Nc1cc(Cl)ncn1. The van der Waals surface area contributed by atoms with Crippen molar-refractivity contribution in [1.82, 2.24) is 15.3 Å². The minimum absolute atomic E-state index is 0.0149. The number of carbonyl (C=O) groups is 1. The van der Waals surface area contributed by atoms with Crippen molar-refractivity contribution in [3.8, 4) is 0 Å². The molecular weight excluding hydrogens is 264 g/mol. The van der Waals surface area contributed by atoms with E-state index >= 15 is 0 Å². The molecule has 19 heavy (non-hydrogen) atoms. The lowest BCUT2D eigenvalue weighted by molar-refractivity contribution is -0.117. The minimum atomic E-state index is 0.0149. The Balaban J connectivity index is 1.54. The van der Waals surface area contributed by atoms with Crippen molar-refractivity contribution in [3.63, 3.8) is 0 Å². The maximum atomic E-state index is 12.0. The van der Waals surface area contributed by atoms with E-state index in [1.807, 2.05) is 0 Å². The van der Waals surface area contributed by atoms with Gasteiger partial charge in [0.1, 0.15) is 17.3 Å². The second-order valence-corrected chi connectivity index (χ2v) is 5.84. The molecule has 2 unspecified atom stereocenters. The van der Waals surface area contributed by atoms with Crippen LogP contribution in [0.1, 0.15) is 32.1 Å². The first kappa shape index (κ1) is 12.8. The smallest absolute Gasteiger partial charge is 0.225 e. The van der Waals surface area contributed by atoms with Crippen molar-refractivity contribution in [3.05, 3.63) is 17.5 Å². The molecule has 1 aromatic rings. The van der Waals surface area contributed by atoms with E-state index in [-0.39, 0.29) is 5.91 Å². The molecule has 6 heteroatoms. The Morgan fingerprint density at radius 3 is 2.79 bits per heavy atom. The molecular formula is C13H17ClN4O. The highest BCUT2D eigenvalue weighted by atomic mass is 35.5. The molecule has 3 rings (SSSR count). The molecule has 2 bridgehead atoms. The number of rotatable bonds is 3. The van der Waals surface area contributed by atoms with Crippen molar-refractivity contribution in [1.29, 1.82) is 0 Å². The quantitative estimate of drug-likeness (QED) is 0.831.